The van der Waals surface area contributed by atoms with Gasteiger partial charge in [-0.05, 0) is 36.8 Å². The largest absolute Gasteiger partial charge is 0.485 e. The fourth-order valence-electron chi connectivity index (χ4n) is 2.49. The Kier molecular flexibility index (Phi) is 5.04. The van der Waals surface area contributed by atoms with Gasteiger partial charge >= 0.3 is 0 Å². The Hall–Kier alpha value is -3.07. The lowest BCUT2D eigenvalue weighted by Gasteiger charge is -2.25. The number of carbonyl (C=O) groups excluding carboxylic acids is 2. The third-order valence-electron chi connectivity index (χ3n) is 3.98. The van der Waals surface area contributed by atoms with Crippen LogP contribution in [0.15, 0.2) is 47.4 Å². The zero-order chi connectivity index (χ0) is 19.6. The normalized spacial score (nSPS) is 15.7. The number of amides is 2. The van der Waals surface area contributed by atoms with Crippen molar-refractivity contribution in [1.29, 1.82) is 0 Å². The van der Waals surface area contributed by atoms with Crippen LogP contribution in [0.1, 0.15) is 15.9 Å². The number of ether oxygens (including phenoxy) is 2. The second-order valence-corrected chi connectivity index (χ2v) is 8.07. The van der Waals surface area contributed by atoms with Crippen molar-refractivity contribution >= 4 is 21.7 Å². The van der Waals surface area contributed by atoms with E-state index in [-0.39, 0.29) is 17.1 Å². The maximum Gasteiger partial charge on any atom is 0.283 e. The van der Waals surface area contributed by atoms with Crippen LogP contribution in [0.5, 0.6) is 11.5 Å². The summed E-state index contributed by atoms with van der Waals surface area (Å²) in [5, 5.41) is 0. The summed E-state index contributed by atoms with van der Waals surface area (Å²) in [5.41, 5.74) is 5.26. The minimum Gasteiger partial charge on any atom is -0.485 e. The first-order chi connectivity index (χ1) is 12.8. The third kappa shape index (κ3) is 4.20. The Morgan fingerprint density at radius 2 is 1.78 bits per heavy atom. The molecule has 1 unspecified atom stereocenters. The predicted molar refractivity (Wildman–Crippen MR) is 96.3 cm³/mol. The van der Waals surface area contributed by atoms with Crippen LogP contribution < -0.4 is 20.3 Å². The van der Waals surface area contributed by atoms with Gasteiger partial charge in [0.1, 0.15) is 6.61 Å². The lowest BCUT2D eigenvalue weighted by atomic mass is 10.1. The van der Waals surface area contributed by atoms with Gasteiger partial charge in [-0.25, -0.2) is 8.42 Å². The Balaban J connectivity index is 1.65. The zero-order valence-electron chi connectivity index (χ0n) is 14.7. The van der Waals surface area contributed by atoms with E-state index in [9.17, 15) is 18.0 Å². The van der Waals surface area contributed by atoms with E-state index in [1.807, 2.05) is 0 Å². The zero-order valence-corrected chi connectivity index (χ0v) is 15.5. The van der Waals surface area contributed by atoms with Crippen LogP contribution in [0, 0.1) is 6.92 Å². The first-order valence-corrected chi connectivity index (χ1v) is 9.94. The Morgan fingerprint density at radius 1 is 1.07 bits per heavy atom. The van der Waals surface area contributed by atoms with Gasteiger partial charge in [0.25, 0.3) is 11.8 Å². The molecule has 0 bridgehead atoms. The summed E-state index contributed by atoms with van der Waals surface area (Å²) < 4.78 is 34.3. The minimum atomic E-state index is -3.46. The molecule has 0 saturated carbocycles. The summed E-state index contributed by atoms with van der Waals surface area (Å²) in [5.74, 6) is -0.246. The van der Waals surface area contributed by atoms with Crippen LogP contribution in [0.2, 0.25) is 0 Å². The molecule has 0 radical (unpaired) electrons. The molecule has 2 N–H and O–H groups in total. The molecule has 0 aromatic heterocycles. The molecule has 2 amide bonds. The minimum absolute atomic E-state index is 0.00130. The van der Waals surface area contributed by atoms with Crippen molar-refractivity contribution in [3.63, 3.8) is 0 Å². The molecule has 142 valence electrons. The van der Waals surface area contributed by atoms with Crippen molar-refractivity contribution in [2.24, 2.45) is 0 Å². The van der Waals surface area contributed by atoms with E-state index in [1.54, 1.807) is 31.2 Å². The van der Waals surface area contributed by atoms with E-state index in [1.165, 1.54) is 18.2 Å². The number of nitrogens with one attached hydrogen (secondary N) is 2. The topological polar surface area (TPSA) is 111 Å². The van der Waals surface area contributed by atoms with Crippen molar-refractivity contribution in [2.75, 3.05) is 12.9 Å². The molecule has 1 aliphatic heterocycles. The van der Waals surface area contributed by atoms with Crippen molar-refractivity contribution in [3.8, 4) is 11.5 Å². The monoisotopic (exact) mass is 390 g/mol. The first-order valence-electron chi connectivity index (χ1n) is 8.05. The molecule has 0 spiro atoms. The van der Waals surface area contributed by atoms with Crippen LogP contribution in [-0.2, 0) is 14.6 Å². The van der Waals surface area contributed by atoms with Crippen molar-refractivity contribution in [1.82, 2.24) is 10.9 Å². The lowest BCUT2D eigenvalue weighted by Crippen LogP contribution is -2.50. The lowest BCUT2D eigenvalue weighted by molar-refractivity contribution is -0.131. The van der Waals surface area contributed by atoms with Gasteiger partial charge in [-0.1, -0.05) is 18.2 Å². The van der Waals surface area contributed by atoms with Gasteiger partial charge in [-0.15, -0.1) is 0 Å². The highest BCUT2D eigenvalue weighted by Gasteiger charge is 2.27. The molecule has 0 fully saturated rings. The average molecular weight is 390 g/mol. The summed E-state index contributed by atoms with van der Waals surface area (Å²) in [4.78, 5) is 24.6. The quantitative estimate of drug-likeness (QED) is 0.757. The van der Waals surface area contributed by atoms with E-state index in [2.05, 4.69) is 10.9 Å². The Morgan fingerprint density at radius 3 is 2.48 bits per heavy atom. The second kappa shape index (κ2) is 7.28. The van der Waals surface area contributed by atoms with Gasteiger partial charge in [-0.3, -0.25) is 20.4 Å². The van der Waals surface area contributed by atoms with E-state index in [0.29, 0.717) is 17.1 Å². The molecule has 1 atom stereocenters. The Bertz CT molecular complexity index is 1000. The molecule has 1 aliphatic rings. The number of rotatable bonds is 3. The highest BCUT2D eigenvalue weighted by molar-refractivity contribution is 7.90. The molecule has 9 heteroatoms. The van der Waals surface area contributed by atoms with Gasteiger partial charge in [-0.2, -0.15) is 0 Å². The molecule has 2 aromatic rings. The summed E-state index contributed by atoms with van der Waals surface area (Å²) >= 11 is 0. The van der Waals surface area contributed by atoms with Crippen LogP contribution in [0.25, 0.3) is 0 Å². The maximum absolute atomic E-state index is 12.3. The first kappa shape index (κ1) is 18.7. The summed E-state index contributed by atoms with van der Waals surface area (Å²) in [6.07, 6.45) is 0.128. The van der Waals surface area contributed by atoms with E-state index in [0.717, 1.165) is 6.26 Å². The number of aryl methyl sites for hydroxylation is 1. The Labute approximate surface area is 156 Å². The van der Waals surface area contributed by atoms with Crippen LogP contribution in [-0.4, -0.2) is 39.2 Å². The molecular formula is C18H18N2O6S. The molecular weight excluding hydrogens is 372 g/mol. The highest BCUT2D eigenvalue weighted by Crippen LogP contribution is 2.30. The summed E-state index contributed by atoms with van der Waals surface area (Å²) in [6, 6.07) is 11.2. The molecule has 0 aliphatic carbocycles. The SMILES string of the molecule is Cc1ccc(S(C)(=O)=O)cc1C(=O)NNC(=O)C1COc2ccccc2O1. The van der Waals surface area contributed by atoms with E-state index < -0.39 is 27.8 Å². The molecule has 0 saturated heterocycles. The number of fused-ring (bicyclic) bond motifs is 1. The summed E-state index contributed by atoms with van der Waals surface area (Å²) in [7, 11) is -3.46. The molecule has 27 heavy (non-hydrogen) atoms. The number of hydrogen-bond donors (Lipinski definition) is 2. The third-order valence-corrected chi connectivity index (χ3v) is 5.09. The van der Waals surface area contributed by atoms with Crippen molar-refractivity contribution in [2.45, 2.75) is 17.9 Å². The van der Waals surface area contributed by atoms with E-state index in [4.69, 9.17) is 9.47 Å². The van der Waals surface area contributed by atoms with Gasteiger partial charge in [0, 0.05) is 11.8 Å². The van der Waals surface area contributed by atoms with Crippen LogP contribution in [0.4, 0.5) is 0 Å². The fourth-order valence-corrected chi connectivity index (χ4v) is 3.14. The number of benzene rings is 2. The van der Waals surface area contributed by atoms with Crippen LogP contribution >= 0.6 is 0 Å². The molecule has 3 rings (SSSR count). The summed E-state index contributed by atoms with van der Waals surface area (Å²) in [6.45, 7) is 1.67. The number of carbonyl (C=O) groups is 2. The molecule has 8 nitrogen and oxygen atoms in total. The number of para-hydroxylation sites is 2. The average Bonchev–Trinajstić information content (AvgIpc) is 2.64. The van der Waals surface area contributed by atoms with Gasteiger partial charge in [0.15, 0.2) is 21.3 Å². The van der Waals surface area contributed by atoms with Crippen molar-refractivity contribution in [3.05, 3.63) is 53.6 Å². The number of hydrazine groups is 1. The predicted octanol–water partition coefficient (Wildman–Crippen LogP) is 1.000. The van der Waals surface area contributed by atoms with Crippen LogP contribution in [0.3, 0.4) is 0 Å². The standard InChI is InChI=1S/C18H18N2O6S/c1-11-7-8-12(27(2,23)24)9-13(11)17(21)19-20-18(22)16-10-25-14-5-3-4-6-15(14)26-16/h3-9,16H,10H2,1-2H3,(H,19,21)(H,20,22). The number of hydrogen-bond acceptors (Lipinski definition) is 6. The van der Waals surface area contributed by atoms with Crippen molar-refractivity contribution < 1.29 is 27.5 Å². The molecule has 1 heterocycles. The fraction of sp³-hybridized carbons (Fsp3) is 0.222. The number of sulfone groups is 1. The smallest absolute Gasteiger partial charge is 0.283 e. The van der Waals surface area contributed by atoms with E-state index >= 15 is 0 Å². The maximum atomic E-state index is 12.3. The van der Waals surface area contributed by atoms with Gasteiger partial charge in [0.05, 0.1) is 4.90 Å². The highest BCUT2D eigenvalue weighted by atomic mass is 32.2. The van der Waals surface area contributed by atoms with Gasteiger partial charge in [0.2, 0.25) is 6.10 Å². The van der Waals surface area contributed by atoms with Gasteiger partial charge < -0.3 is 9.47 Å². The molecule has 2 aromatic carbocycles. The second-order valence-electron chi connectivity index (χ2n) is 6.06.